The van der Waals surface area contributed by atoms with Crippen LogP contribution in [-0.2, 0) is 5.97 Å². The second-order valence-electron chi connectivity index (χ2n) is 2.49. The quantitative estimate of drug-likeness (QED) is 0.463. The highest BCUT2D eigenvalue weighted by atomic mass is 16.7. The number of benzene rings is 1. The first-order valence-corrected chi connectivity index (χ1v) is 3.43. The molecular weight excluding hydrogens is 176 g/mol. The van der Waals surface area contributed by atoms with Crippen LogP contribution in [0.3, 0.4) is 0 Å². The zero-order valence-electron chi connectivity index (χ0n) is 6.51. The van der Waals surface area contributed by atoms with Gasteiger partial charge >= 0.3 is 11.9 Å². The number of carboxylic acid groups (broad SMARTS) is 1. The van der Waals surface area contributed by atoms with Gasteiger partial charge in [-0.25, -0.2) is 4.79 Å². The highest BCUT2D eigenvalue weighted by Crippen LogP contribution is 2.18. The van der Waals surface area contributed by atoms with E-state index in [0.29, 0.717) is 0 Å². The van der Waals surface area contributed by atoms with Crippen LogP contribution in [0, 0.1) is 0 Å². The van der Waals surface area contributed by atoms with Crippen molar-refractivity contribution in [2.75, 3.05) is 0 Å². The number of rotatable bonds is 2. The Labute approximate surface area is 73.5 Å². The minimum Gasteiger partial charge on any atom is -0.478 e. The van der Waals surface area contributed by atoms with Crippen LogP contribution in [0.5, 0.6) is 0 Å². The van der Waals surface area contributed by atoms with E-state index in [0.717, 1.165) is 12.1 Å². The monoisotopic (exact) mass is 184 g/mol. The summed E-state index contributed by atoms with van der Waals surface area (Å²) in [6.45, 7) is 0. The molecule has 0 fully saturated rings. The molecular formula is C8H8O5. The van der Waals surface area contributed by atoms with Crippen LogP contribution >= 0.6 is 0 Å². The smallest absolute Gasteiger partial charge is 0.336 e. The van der Waals surface area contributed by atoms with Crippen molar-refractivity contribution >= 4 is 5.97 Å². The van der Waals surface area contributed by atoms with Gasteiger partial charge in [-0.15, -0.1) is 0 Å². The largest absolute Gasteiger partial charge is 0.478 e. The zero-order chi connectivity index (χ0) is 10.1. The Balaban J connectivity index is 3.28. The van der Waals surface area contributed by atoms with Crippen LogP contribution in [0.4, 0.5) is 0 Å². The minimum absolute atomic E-state index is 0.352. The van der Waals surface area contributed by atoms with Crippen molar-refractivity contribution in [2.45, 2.75) is 5.97 Å². The molecule has 0 aliphatic heterocycles. The maximum atomic E-state index is 10.5. The molecule has 0 radical (unpaired) electrons. The SMILES string of the molecule is O=C(O)c1ccccc1C(O)(O)O. The molecule has 0 saturated carbocycles. The molecule has 1 aromatic rings. The summed E-state index contributed by atoms with van der Waals surface area (Å²) in [6, 6.07) is 5.08. The van der Waals surface area contributed by atoms with Gasteiger partial charge in [0, 0.05) is 0 Å². The third kappa shape index (κ3) is 2.03. The highest BCUT2D eigenvalue weighted by molar-refractivity contribution is 5.89. The van der Waals surface area contributed by atoms with E-state index in [2.05, 4.69) is 0 Å². The molecule has 0 aromatic heterocycles. The number of carbonyl (C=O) groups is 1. The molecule has 0 unspecified atom stereocenters. The standard InChI is InChI=1S/C8H8O5/c9-7(10)5-3-1-2-4-6(5)8(11,12)13/h1-4,11-13H,(H,9,10). The number of hydrogen-bond acceptors (Lipinski definition) is 4. The summed E-state index contributed by atoms with van der Waals surface area (Å²) in [6.07, 6.45) is 0. The molecule has 0 heterocycles. The first-order valence-electron chi connectivity index (χ1n) is 3.43. The van der Waals surface area contributed by atoms with E-state index in [1.165, 1.54) is 12.1 Å². The molecule has 0 aliphatic rings. The second kappa shape index (κ2) is 3.14. The third-order valence-corrected chi connectivity index (χ3v) is 1.52. The predicted octanol–water partition coefficient (Wildman–Crippen LogP) is -0.528. The molecule has 0 spiro atoms. The molecule has 5 heteroatoms. The van der Waals surface area contributed by atoms with Crippen molar-refractivity contribution in [3.8, 4) is 0 Å². The van der Waals surface area contributed by atoms with Gasteiger partial charge < -0.3 is 20.4 Å². The summed E-state index contributed by atoms with van der Waals surface area (Å²) in [4.78, 5) is 10.5. The Kier molecular flexibility index (Phi) is 2.33. The maximum Gasteiger partial charge on any atom is 0.336 e. The minimum atomic E-state index is -3.12. The highest BCUT2D eigenvalue weighted by Gasteiger charge is 2.27. The fraction of sp³-hybridized carbons (Fsp3) is 0.125. The van der Waals surface area contributed by atoms with Crippen molar-refractivity contribution in [1.29, 1.82) is 0 Å². The van der Waals surface area contributed by atoms with Crippen LogP contribution in [0.1, 0.15) is 15.9 Å². The molecule has 0 amide bonds. The average molecular weight is 184 g/mol. The van der Waals surface area contributed by atoms with Crippen LogP contribution in [0.2, 0.25) is 0 Å². The summed E-state index contributed by atoms with van der Waals surface area (Å²) in [5.74, 6) is -4.45. The summed E-state index contributed by atoms with van der Waals surface area (Å²) in [5.41, 5.74) is -0.808. The van der Waals surface area contributed by atoms with Gasteiger partial charge in [0.15, 0.2) is 0 Å². The first-order chi connectivity index (χ1) is 5.93. The maximum absolute atomic E-state index is 10.5. The lowest BCUT2D eigenvalue weighted by Crippen LogP contribution is -2.26. The second-order valence-corrected chi connectivity index (χ2v) is 2.49. The molecule has 0 atom stereocenters. The lowest BCUT2D eigenvalue weighted by atomic mass is 10.1. The van der Waals surface area contributed by atoms with Gasteiger partial charge in [-0.3, -0.25) is 0 Å². The number of aromatic carboxylic acids is 1. The Morgan fingerprint density at radius 3 is 2.08 bits per heavy atom. The number of aliphatic hydroxyl groups is 3. The van der Waals surface area contributed by atoms with E-state index in [1.54, 1.807) is 0 Å². The van der Waals surface area contributed by atoms with Crippen molar-refractivity contribution in [3.05, 3.63) is 35.4 Å². The van der Waals surface area contributed by atoms with Crippen molar-refractivity contribution in [1.82, 2.24) is 0 Å². The molecule has 5 nitrogen and oxygen atoms in total. The van der Waals surface area contributed by atoms with Crippen molar-refractivity contribution < 1.29 is 25.2 Å². The molecule has 13 heavy (non-hydrogen) atoms. The zero-order valence-corrected chi connectivity index (χ0v) is 6.51. The van der Waals surface area contributed by atoms with Gasteiger partial charge in [0.05, 0.1) is 11.1 Å². The van der Waals surface area contributed by atoms with E-state index in [4.69, 9.17) is 20.4 Å². The van der Waals surface area contributed by atoms with Gasteiger partial charge in [0.1, 0.15) is 0 Å². The molecule has 1 aromatic carbocycles. The topological polar surface area (TPSA) is 98.0 Å². The molecule has 0 saturated heterocycles. The van der Waals surface area contributed by atoms with Crippen LogP contribution in [0.15, 0.2) is 24.3 Å². The molecule has 4 N–H and O–H groups in total. The predicted molar refractivity (Wildman–Crippen MR) is 41.7 cm³/mol. The Hall–Kier alpha value is -1.43. The molecule has 0 bridgehead atoms. The van der Waals surface area contributed by atoms with Gasteiger partial charge in [0.25, 0.3) is 0 Å². The van der Waals surface area contributed by atoms with E-state index in [-0.39, 0.29) is 5.56 Å². The number of hydrogen-bond donors (Lipinski definition) is 4. The van der Waals surface area contributed by atoms with Gasteiger partial charge in [0.2, 0.25) is 0 Å². The van der Waals surface area contributed by atoms with Gasteiger partial charge in [-0.2, -0.15) is 0 Å². The summed E-state index contributed by atoms with van der Waals surface area (Å²) in [5, 5.41) is 34.9. The van der Waals surface area contributed by atoms with E-state index >= 15 is 0 Å². The van der Waals surface area contributed by atoms with E-state index < -0.39 is 17.5 Å². The van der Waals surface area contributed by atoms with Crippen LogP contribution < -0.4 is 0 Å². The summed E-state index contributed by atoms with van der Waals surface area (Å²) >= 11 is 0. The Morgan fingerprint density at radius 1 is 1.15 bits per heavy atom. The van der Waals surface area contributed by atoms with Gasteiger partial charge in [-0.05, 0) is 6.07 Å². The third-order valence-electron chi connectivity index (χ3n) is 1.52. The lowest BCUT2D eigenvalue weighted by Gasteiger charge is -2.15. The van der Waals surface area contributed by atoms with E-state index in [1.807, 2.05) is 0 Å². The first kappa shape index (κ1) is 9.66. The van der Waals surface area contributed by atoms with Crippen molar-refractivity contribution in [2.24, 2.45) is 0 Å². The Bertz CT molecular complexity index is 326. The molecule has 70 valence electrons. The summed E-state index contributed by atoms with van der Waals surface area (Å²) in [7, 11) is 0. The van der Waals surface area contributed by atoms with Crippen molar-refractivity contribution in [3.63, 3.8) is 0 Å². The van der Waals surface area contributed by atoms with E-state index in [9.17, 15) is 4.79 Å². The number of carboxylic acids is 1. The average Bonchev–Trinajstić information content (AvgIpc) is 2.03. The lowest BCUT2D eigenvalue weighted by molar-refractivity contribution is -0.324. The Morgan fingerprint density at radius 2 is 1.69 bits per heavy atom. The fourth-order valence-electron chi connectivity index (χ4n) is 0.962. The summed E-state index contributed by atoms with van der Waals surface area (Å²) < 4.78 is 0. The van der Waals surface area contributed by atoms with Crippen LogP contribution in [0.25, 0.3) is 0 Å². The van der Waals surface area contributed by atoms with Crippen LogP contribution in [-0.4, -0.2) is 26.4 Å². The molecule has 0 aliphatic carbocycles. The van der Waals surface area contributed by atoms with Gasteiger partial charge in [-0.1, -0.05) is 18.2 Å². The fourth-order valence-corrected chi connectivity index (χ4v) is 0.962. The molecule has 1 rings (SSSR count). The normalized spacial score (nSPS) is 11.3.